The zero-order chi connectivity index (χ0) is 16.5. The number of halogens is 1. The second kappa shape index (κ2) is 5.95. The first kappa shape index (κ1) is 16.9. The lowest BCUT2D eigenvalue weighted by molar-refractivity contribution is 0.439. The fourth-order valence-corrected chi connectivity index (χ4v) is 4.45. The van der Waals surface area contributed by atoms with Gasteiger partial charge in [0, 0.05) is 19.3 Å². The molecule has 2 heterocycles. The summed E-state index contributed by atoms with van der Waals surface area (Å²) >= 11 is 0. The molecule has 0 aliphatic carbocycles. The Labute approximate surface area is 127 Å². The van der Waals surface area contributed by atoms with E-state index in [0.29, 0.717) is 19.4 Å². The van der Waals surface area contributed by atoms with Crippen LogP contribution in [0.15, 0.2) is 16.0 Å². The Hall–Kier alpha value is -1.49. The van der Waals surface area contributed by atoms with Crippen LogP contribution in [-0.2, 0) is 20.1 Å². The lowest BCUT2D eigenvalue weighted by Crippen LogP contribution is -2.40. The molecule has 1 aromatic heterocycles. The normalized spacial score (nSPS) is 20.1. The number of anilines is 1. The van der Waals surface area contributed by atoms with E-state index in [-0.39, 0.29) is 24.0 Å². The van der Waals surface area contributed by atoms with E-state index in [1.165, 1.54) is 4.90 Å². The summed E-state index contributed by atoms with van der Waals surface area (Å²) in [6, 6.07) is 0. The second-order valence-corrected chi connectivity index (χ2v) is 8.84. The lowest BCUT2D eigenvalue weighted by atomic mass is 10.0. The molecule has 0 spiro atoms. The summed E-state index contributed by atoms with van der Waals surface area (Å²) in [6.07, 6.45) is 3.37. The monoisotopic (exact) mass is 353 g/mol. The molecule has 1 aliphatic rings. The van der Waals surface area contributed by atoms with E-state index in [4.69, 9.17) is 0 Å². The topological polar surface area (TPSA) is 117 Å². The Balaban J connectivity index is 2.37. The molecule has 1 saturated heterocycles. The molecule has 22 heavy (non-hydrogen) atoms. The Morgan fingerprint density at radius 1 is 1.41 bits per heavy atom. The molecule has 1 aromatic rings. The van der Waals surface area contributed by atoms with Crippen molar-refractivity contribution in [1.82, 2.24) is 9.97 Å². The van der Waals surface area contributed by atoms with E-state index in [0.717, 1.165) is 12.6 Å². The van der Waals surface area contributed by atoms with Gasteiger partial charge in [-0.3, -0.25) is 4.79 Å². The number of H-pyrrole nitrogens is 1. The van der Waals surface area contributed by atoms with Gasteiger partial charge in [0.05, 0.1) is 12.1 Å². The van der Waals surface area contributed by atoms with Gasteiger partial charge in [-0.2, -0.15) is 8.42 Å². The summed E-state index contributed by atoms with van der Waals surface area (Å²) in [5.74, 6) is -0.547. The standard InChI is InChI=1S/C11H16FN3O5S2/c1-21(17,18)6-8-3-2-4-15(5-8)10-9(22(12,19)20)11(16)14-7-13-10/h7-8H,2-6H2,1H3,(H,13,14,16). The molecule has 0 saturated carbocycles. The van der Waals surface area contributed by atoms with Crippen molar-refractivity contribution in [1.29, 1.82) is 0 Å². The largest absolute Gasteiger partial charge is 0.355 e. The average molecular weight is 353 g/mol. The van der Waals surface area contributed by atoms with Crippen LogP contribution in [0, 0.1) is 5.92 Å². The van der Waals surface area contributed by atoms with Gasteiger partial charge in [0.25, 0.3) is 5.56 Å². The predicted octanol–water partition coefficient (Wildman–Crippen LogP) is -0.311. The lowest BCUT2D eigenvalue weighted by Gasteiger charge is -2.33. The fourth-order valence-electron chi connectivity index (χ4n) is 2.64. The van der Waals surface area contributed by atoms with E-state index in [1.807, 2.05) is 4.98 Å². The zero-order valence-corrected chi connectivity index (χ0v) is 13.5. The highest BCUT2D eigenvalue weighted by atomic mass is 32.3. The smallest absolute Gasteiger partial charge is 0.341 e. The molecule has 1 N–H and O–H groups in total. The molecule has 8 nitrogen and oxygen atoms in total. The first-order valence-electron chi connectivity index (χ1n) is 6.53. The van der Waals surface area contributed by atoms with Crippen molar-refractivity contribution in [3.63, 3.8) is 0 Å². The van der Waals surface area contributed by atoms with Gasteiger partial charge >= 0.3 is 10.2 Å². The molecule has 0 bridgehead atoms. The van der Waals surface area contributed by atoms with E-state index in [9.17, 15) is 25.5 Å². The number of hydrogen-bond acceptors (Lipinski definition) is 7. The average Bonchev–Trinajstić information content (AvgIpc) is 2.35. The van der Waals surface area contributed by atoms with Gasteiger partial charge in [0.15, 0.2) is 5.82 Å². The molecule has 1 aliphatic heterocycles. The van der Waals surface area contributed by atoms with E-state index in [1.54, 1.807) is 0 Å². The van der Waals surface area contributed by atoms with Crippen LogP contribution >= 0.6 is 0 Å². The first-order valence-corrected chi connectivity index (χ1v) is 9.97. The number of piperidine rings is 1. The van der Waals surface area contributed by atoms with Crippen LogP contribution in [0.25, 0.3) is 0 Å². The minimum absolute atomic E-state index is 0.0512. The van der Waals surface area contributed by atoms with Crippen LogP contribution in [0.1, 0.15) is 12.8 Å². The Morgan fingerprint density at radius 2 is 2.09 bits per heavy atom. The van der Waals surface area contributed by atoms with Gasteiger partial charge in [-0.25, -0.2) is 13.4 Å². The number of sulfone groups is 1. The highest BCUT2D eigenvalue weighted by Gasteiger charge is 2.30. The summed E-state index contributed by atoms with van der Waals surface area (Å²) in [4.78, 5) is 17.8. The summed E-state index contributed by atoms with van der Waals surface area (Å²) in [5, 5.41) is 0. The molecular weight excluding hydrogens is 337 g/mol. The predicted molar refractivity (Wildman–Crippen MR) is 77.8 cm³/mol. The number of nitrogens with one attached hydrogen (secondary N) is 1. The molecule has 2 rings (SSSR count). The Bertz CT molecular complexity index is 818. The minimum atomic E-state index is -5.23. The van der Waals surface area contributed by atoms with Gasteiger partial charge < -0.3 is 9.88 Å². The maximum absolute atomic E-state index is 13.4. The number of aromatic nitrogens is 2. The molecule has 0 amide bonds. The van der Waals surface area contributed by atoms with Gasteiger partial charge in [-0.05, 0) is 18.8 Å². The van der Waals surface area contributed by atoms with Gasteiger partial charge in [-0.15, -0.1) is 0 Å². The van der Waals surface area contributed by atoms with Gasteiger partial charge in [0.1, 0.15) is 9.84 Å². The molecule has 11 heteroatoms. The van der Waals surface area contributed by atoms with Crippen molar-refractivity contribution in [3.05, 3.63) is 16.7 Å². The highest BCUT2D eigenvalue weighted by Crippen LogP contribution is 2.26. The van der Waals surface area contributed by atoms with E-state index in [2.05, 4.69) is 4.98 Å². The van der Waals surface area contributed by atoms with E-state index < -0.39 is 30.5 Å². The molecular formula is C11H16FN3O5S2. The van der Waals surface area contributed by atoms with Crippen LogP contribution in [0.4, 0.5) is 9.70 Å². The van der Waals surface area contributed by atoms with Crippen LogP contribution in [0.2, 0.25) is 0 Å². The van der Waals surface area contributed by atoms with Gasteiger partial charge in [0.2, 0.25) is 4.90 Å². The third kappa shape index (κ3) is 4.03. The third-order valence-electron chi connectivity index (χ3n) is 3.39. The summed E-state index contributed by atoms with van der Waals surface area (Å²) in [7, 11) is -8.42. The van der Waals surface area contributed by atoms with Crippen molar-refractivity contribution in [3.8, 4) is 0 Å². The van der Waals surface area contributed by atoms with Crippen molar-refractivity contribution in [2.45, 2.75) is 17.7 Å². The molecule has 124 valence electrons. The molecule has 0 radical (unpaired) electrons. The SMILES string of the molecule is CS(=O)(=O)CC1CCCN(c2nc[nH]c(=O)c2S(=O)(=O)F)C1. The Kier molecular flexibility index (Phi) is 4.57. The maximum atomic E-state index is 13.4. The van der Waals surface area contributed by atoms with Crippen molar-refractivity contribution in [2.75, 3.05) is 30.0 Å². The number of aromatic amines is 1. The van der Waals surface area contributed by atoms with Crippen molar-refractivity contribution in [2.24, 2.45) is 5.92 Å². The van der Waals surface area contributed by atoms with E-state index >= 15 is 0 Å². The Morgan fingerprint density at radius 3 is 2.68 bits per heavy atom. The molecule has 0 aromatic carbocycles. The molecule has 1 atom stereocenters. The minimum Gasteiger partial charge on any atom is -0.355 e. The molecule has 1 unspecified atom stereocenters. The summed E-state index contributed by atoms with van der Waals surface area (Å²) in [6.45, 7) is 0.575. The van der Waals surface area contributed by atoms with Crippen LogP contribution < -0.4 is 10.5 Å². The van der Waals surface area contributed by atoms with Crippen molar-refractivity contribution >= 4 is 25.9 Å². The van der Waals surface area contributed by atoms with Crippen molar-refractivity contribution < 1.29 is 20.7 Å². The first-order chi connectivity index (χ1) is 10.1. The second-order valence-electron chi connectivity index (χ2n) is 5.37. The summed E-state index contributed by atoms with van der Waals surface area (Å²) in [5.41, 5.74) is -1.09. The number of rotatable bonds is 4. The van der Waals surface area contributed by atoms with Gasteiger partial charge in [-0.1, -0.05) is 3.89 Å². The number of hydrogen-bond donors (Lipinski definition) is 1. The summed E-state index contributed by atoms with van der Waals surface area (Å²) < 4.78 is 58.5. The molecule has 1 fully saturated rings. The third-order valence-corrected chi connectivity index (χ3v) is 5.33. The maximum Gasteiger partial charge on any atom is 0.341 e. The van der Waals surface area contributed by atoms with Crippen LogP contribution in [0.5, 0.6) is 0 Å². The quantitative estimate of drug-likeness (QED) is 0.738. The fraction of sp³-hybridized carbons (Fsp3) is 0.636. The highest BCUT2D eigenvalue weighted by molar-refractivity contribution is 7.90. The number of nitrogens with zero attached hydrogens (tertiary/aromatic N) is 2. The van der Waals surface area contributed by atoms with Crippen LogP contribution in [0.3, 0.4) is 0 Å². The zero-order valence-electron chi connectivity index (χ0n) is 11.8. The van der Waals surface area contributed by atoms with Crippen LogP contribution in [-0.4, -0.2) is 51.9 Å².